The first kappa shape index (κ1) is 15.5. The van der Waals surface area contributed by atoms with Crippen molar-refractivity contribution in [2.24, 2.45) is 11.0 Å². The maximum atomic E-state index is 11.3. The fourth-order valence-electron chi connectivity index (χ4n) is 2.00. The largest absolute Gasteiger partial charge is 0.481 e. The van der Waals surface area contributed by atoms with Gasteiger partial charge in [-0.15, -0.1) is 0 Å². The SMILES string of the molecule is [N-]=[N+]=N/C(=C\Br)[C@@H]1O[C@H](c2ccccc2)OC[C@H]1C(=O)O. The van der Waals surface area contributed by atoms with E-state index in [1.807, 2.05) is 30.3 Å². The molecular weight excluding hydrogens is 342 g/mol. The summed E-state index contributed by atoms with van der Waals surface area (Å²) in [6, 6.07) is 9.14. The van der Waals surface area contributed by atoms with Gasteiger partial charge in [0.15, 0.2) is 6.29 Å². The zero-order valence-corrected chi connectivity index (χ0v) is 12.4. The minimum absolute atomic E-state index is 0.0369. The van der Waals surface area contributed by atoms with Crippen LogP contribution in [-0.4, -0.2) is 23.8 Å². The first-order valence-electron chi connectivity index (χ1n) is 6.07. The lowest BCUT2D eigenvalue weighted by atomic mass is 10.00. The predicted octanol–water partition coefficient (Wildman–Crippen LogP) is 3.35. The van der Waals surface area contributed by atoms with Crippen molar-refractivity contribution in [2.45, 2.75) is 12.4 Å². The number of nitrogens with zero attached hydrogens (tertiary/aromatic N) is 3. The molecule has 3 atom stereocenters. The summed E-state index contributed by atoms with van der Waals surface area (Å²) in [6.07, 6.45) is -1.60. The summed E-state index contributed by atoms with van der Waals surface area (Å²) in [5.41, 5.74) is 9.49. The molecule has 1 saturated heterocycles. The van der Waals surface area contributed by atoms with E-state index >= 15 is 0 Å². The molecule has 0 spiro atoms. The fraction of sp³-hybridized carbons (Fsp3) is 0.308. The molecule has 2 rings (SSSR count). The van der Waals surface area contributed by atoms with Gasteiger partial charge in [0.2, 0.25) is 0 Å². The number of ether oxygens (including phenoxy) is 2. The van der Waals surface area contributed by atoms with Gasteiger partial charge in [-0.2, -0.15) is 0 Å². The molecule has 1 aliphatic rings. The summed E-state index contributed by atoms with van der Waals surface area (Å²) in [7, 11) is 0. The van der Waals surface area contributed by atoms with Crippen molar-refractivity contribution in [1.82, 2.24) is 0 Å². The number of rotatable bonds is 4. The van der Waals surface area contributed by atoms with Crippen molar-refractivity contribution in [3.05, 3.63) is 57.0 Å². The highest BCUT2D eigenvalue weighted by atomic mass is 79.9. The standard InChI is InChI=1S/C13H12BrN3O4/c14-6-10(16-17-15)11-9(12(18)19)7-20-13(21-11)8-4-2-1-3-5-8/h1-6,9,11,13H,7H2,(H,18,19)/b10-6-/t9-,11-,13-/m1/s1. The molecule has 1 N–H and O–H groups in total. The van der Waals surface area contributed by atoms with Crippen LogP contribution in [0.25, 0.3) is 10.4 Å². The van der Waals surface area contributed by atoms with Gasteiger partial charge < -0.3 is 14.6 Å². The van der Waals surface area contributed by atoms with Gasteiger partial charge >= 0.3 is 5.97 Å². The molecular formula is C13H12BrN3O4. The molecule has 1 aliphatic heterocycles. The first-order chi connectivity index (χ1) is 10.2. The van der Waals surface area contributed by atoms with E-state index in [0.29, 0.717) is 0 Å². The molecule has 0 unspecified atom stereocenters. The minimum atomic E-state index is -1.08. The number of carboxylic acids is 1. The summed E-state index contributed by atoms with van der Waals surface area (Å²) in [6.45, 7) is -0.0369. The molecule has 1 aromatic rings. The van der Waals surface area contributed by atoms with E-state index in [4.69, 9.17) is 15.0 Å². The molecule has 110 valence electrons. The molecule has 0 bridgehead atoms. The molecule has 7 nitrogen and oxygen atoms in total. The molecule has 8 heteroatoms. The van der Waals surface area contributed by atoms with E-state index in [0.717, 1.165) is 5.56 Å². The van der Waals surface area contributed by atoms with E-state index in [2.05, 4.69) is 26.0 Å². The van der Waals surface area contributed by atoms with Gasteiger partial charge in [0, 0.05) is 10.5 Å². The summed E-state index contributed by atoms with van der Waals surface area (Å²) < 4.78 is 11.1. The Morgan fingerprint density at radius 1 is 1.48 bits per heavy atom. The molecule has 1 heterocycles. The van der Waals surface area contributed by atoms with Crippen LogP contribution >= 0.6 is 15.9 Å². The van der Waals surface area contributed by atoms with Crippen molar-refractivity contribution in [3.8, 4) is 0 Å². The highest BCUT2D eigenvalue weighted by molar-refractivity contribution is 9.11. The Labute approximate surface area is 128 Å². The third kappa shape index (κ3) is 3.62. The monoisotopic (exact) mass is 353 g/mol. The number of benzene rings is 1. The lowest BCUT2D eigenvalue weighted by molar-refractivity contribution is -0.234. The number of aliphatic carboxylic acids is 1. The zero-order chi connectivity index (χ0) is 15.2. The zero-order valence-electron chi connectivity index (χ0n) is 10.8. The van der Waals surface area contributed by atoms with Gasteiger partial charge in [0.25, 0.3) is 0 Å². The van der Waals surface area contributed by atoms with Crippen LogP contribution in [-0.2, 0) is 14.3 Å². The van der Waals surface area contributed by atoms with Crippen molar-refractivity contribution in [1.29, 1.82) is 0 Å². The van der Waals surface area contributed by atoms with Gasteiger partial charge in [0.1, 0.15) is 12.0 Å². The van der Waals surface area contributed by atoms with Crippen LogP contribution in [0, 0.1) is 5.92 Å². The van der Waals surface area contributed by atoms with Crippen molar-refractivity contribution < 1.29 is 19.4 Å². The summed E-state index contributed by atoms with van der Waals surface area (Å²) >= 11 is 3.06. The Morgan fingerprint density at radius 3 is 2.76 bits per heavy atom. The second kappa shape index (κ2) is 7.24. The lowest BCUT2D eigenvalue weighted by Gasteiger charge is -2.34. The first-order valence-corrected chi connectivity index (χ1v) is 6.99. The van der Waals surface area contributed by atoms with Gasteiger partial charge in [-0.05, 0) is 10.5 Å². The van der Waals surface area contributed by atoms with E-state index in [1.54, 1.807) is 0 Å². The molecule has 0 aromatic heterocycles. The number of carbonyl (C=O) groups is 1. The average molecular weight is 354 g/mol. The van der Waals surface area contributed by atoms with Crippen LogP contribution < -0.4 is 0 Å². The molecule has 1 aromatic carbocycles. The van der Waals surface area contributed by atoms with Gasteiger partial charge in [-0.3, -0.25) is 4.79 Å². The number of halogens is 1. The van der Waals surface area contributed by atoms with Crippen LogP contribution in [0.1, 0.15) is 11.9 Å². The summed E-state index contributed by atoms with van der Waals surface area (Å²) in [5.74, 6) is -2.02. The number of carboxylic acid groups (broad SMARTS) is 1. The van der Waals surface area contributed by atoms with Crippen LogP contribution in [0.15, 0.2) is 46.1 Å². The minimum Gasteiger partial charge on any atom is -0.481 e. The molecule has 21 heavy (non-hydrogen) atoms. The topological polar surface area (TPSA) is 105 Å². The molecule has 1 fully saturated rings. The Bertz CT molecular complexity index is 586. The highest BCUT2D eigenvalue weighted by Crippen LogP contribution is 2.33. The molecule has 0 saturated carbocycles. The Kier molecular flexibility index (Phi) is 5.35. The smallest absolute Gasteiger partial charge is 0.311 e. The normalized spacial score (nSPS) is 26.0. The van der Waals surface area contributed by atoms with E-state index in [9.17, 15) is 9.90 Å². The van der Waals surface area contributed by atoms with Crippen LogP contribution in [0.3, 0.4) is 0 Å². The van der Waals surface area contributed by atoms with Crippen LogP contribution in [0.5, 0.6) is 0 Å². The fourth-order valence-corrected chi connectivity index (χ4v) is 2.35. The molecule has 0 radical (unpaired) electrons. The highest BCUT2D eigenvalue weighted by Gasteiger charge is 2.39. The van der Waals surface area contributed by atoms with Crippen molar-refractivity contribution in [3.63, 3.8) is 0 Å². The van der Waals surface area contributed by atoms with E-state index < -0.39 is 24.3 Å². The molecule has 0 amide bonds. The molecule has 0 aliphatic carbocycles. The van der Waals surface area contributed by atoms with Crippen molar-refractivity contribution >= 4 is 21.9 Å². The second-order valence-electron chi connectivity index (χ2n) is 4.30. The third-order valence-corrected chi connectivity index (χ3v) is 3.48. The maximum Gasteiger partial charge on any atom is 0.311 e. The second-order valence-corrected chi connectivity index (χ2v) is 4.76. The Hall–Kier alpha value is -1.86. The van der Waals surface area contributed by atoms with E-state index in [-0.39, 0.29) is 12.3 Å². The summed E-state index contributed by atoms with van der Waals surface area (Å²) in [5, 5.41) is 12.7. The number of azide groups is 1. The number of hydrogen-bond donors (Lipinski definition) is 1. The third-order valence-electron chi connectivity index (χ3n) is 3.02. The quantitative estimate of drug-likeness (QED) is 0.508. The van der Waals surface area contributed by atoms with E-state index in [1.165, 1.54) is 4.99 Å². The predicted molar refractivity (Wildman–Crippen MR) is 77.3 cm³/mol. The average Bonchev–Trinajstić information content (AvgIpc) is 2.52. The Balaban J connectivity index is 2.27. The van der Waals surface area contributed by atoms with Gasteiger partial charge in [-0.1, -0.05) is 51.4 Å². The van der Waals surface area contributed by atoms with Gasteiger partial charge in [-0.25, -0.2) is 0 Å². The summed E-state index contributed by atoms with van der Waals surface area (Å²) in [4.78, 5) is 15.3. The van der Waals surface area contributed by atoms with Crippen LogP contribution in [0.4, 0.5) is 0 Å². The number of hydrogen-bond acceptors (Lipinski definition) is 4. The van der Waals surface area contributed by atoms with Crippen LogP contribution in [0.2, 0.25) is 0 Å². The van der Waals surface area contributed by atoms with Crippen molar-refractivity contribution in [2.75, 3.05) is 6.61 Å². The lowest BCUT2D eigenvalue weighted by Crippen LogP contribution is -2.41. The van der Waals surface area contributed by atoms with Gasteiger partial charge in [0.05, 0.1) is 12.3 Å². The maximum absolute atomic E-state index is 11.3. The Morgan fingerprint density at radius 2 is 2.19 bits per heavy atom.